The number of carbonyl (C=O) groups excluding carboxylic acids is 1. The first-order valence-corrected chi connectivity index (χ1v) is 8.72. The summed E-state index contributed by atoms with van der Waals surface area (Å²) in [4.78, 5) is 15.1. The van der Waals surface area contributed by atoms with Crippen LogP contribution in [-0.4, -0.2) is 55.0 Å². The van der Waals surface area contributed by atoms with E-state index in [1.165, 1.54) is 0 Å². The Morgan fingerprint density at radius 1 is 1.27 bits per heavy atom. The van der Waals surface area contributed by atoms with Crippen molar-refractivity contribution in [2.24, 2.45) is 7.05 Å². The highest BCUT2D eigenvalue weighted by molar-refractivity contribution is 6.05. The predicted octanol–water partition coefficient (Wildman–Crippen LogP) is 1.40. The average molecular weight is 354 g/mol. The Bertz CT molecular complexity index is 960. The molecular formula is C18H22N6O2. The van der Waals surface area contributed by atoms with Gasteiger partial charge in [-0.25, -0.2) is 0 Å². The zero-order valence-electron chi connectivity index (χ0n) is 15.2. The lowest BCUT2D eigenvalue weighted by molar-refractivity contribution is 0.0690. The van der Waals surface area contributed by atoms with Crippen LogP contribution in [0.3, 0.4) is 0 Å². The second-order valence-electron chi connectivity index (χ2n) is 6.66. The molecule has 0 saturated carbocycles. The lowest BCUT2D eigenvalue weighted by atomic mass is 10.1. The van der Waals surface area contributed by atoms with E-state index in [0.29, 0.717) is 31.8 Å². The number of fused-ring (bicyclic) bond motifs is 2. The van der Waals surface area contributed by atoms with Gasteiger partial charge in [0.15, 0.2) is 11.5 Å². The molecule has 0 radical (unpaired) electrons. The molecule has 1 atom stereocenters. The zero-order chi connectivity index (χ0) is 18.3. The molecule has 1 aromatic carbocycles. The van der Waals surface area contributed by atoms with Crippen LogP contribution in [0.15, 0.2) is 24.3 Å². The topological polar surface area (TPSA) is 78.1 Å². The van der Waals surface area contributed by atoms with E-state index in [9.17, 15) is 4.79 Å². The van der Waals surface area contributed by atoms with Crippen LogP contribution in [0, 0.1) is 0 Å². The number of rotatable bonds is 3. The minimum absolute atomic E-state index is 0.0177. The molecule has 3 heterocycles. The molecule has 0 unspecified atom stereocenters. The van der Waals surface area contributed by atoms with E-state index in [0.717, 1.165) is 22.6 Å². The van der Waals surface area contributed by atoms with Crippen molar-refractivity contribution in [2.45, 2.75) is 32.5 Å². The molecule has 1 aliphatic heterocycles. The Morgan fingerprint density at radius 2 is 2.08 bits per heavy atom. The van der Waals surface area contributed by atoms with Gasteiger partial charge in [0.1, 0.15) is 12.4 Å². The van der Waals surface area contributed by atoms with Gasteiger partial charge in [0, 0.05) is 45.1 Å². The molecule has 0 aliphatic carbocycles. The molecule has 1 aliphatic rings. The molecule has 8 heteroatoms. The summed E-state index contributed by atoms with van der Waals surface area (Å²) in [6.07, 6.45) is 0.660. The van der Waals surface area contributed by atoms with Crippen LogP contribution in [0.2, 0.25) is 0 Å². The average Bonchev–Trinajstić information content (AvgIpc) is 3.12. The second-order valence-corrected chi connectivity index (χ2v) is 6.66. The fourth-order valence-electron chi connectivity index (χ4n) is 3.63. The van der Waals surface area contributed by atoms with Crippen molar-refractivity contribution in [1.29, 1.82) is 0 Å². The Hall–Kier alpha value is -2.74. The van der Waals surface area contributed by atoms with Crippen LogP contribution in [0.1, 0.15) is 29.1 Å². The number of ether oxygens (including phenoxy) is 1. The number of nitrogens with zero attached hydrogens (tertiary/aromatic N) is 6. The molecule has 0 N–H and O–H groups in total. The van der Waals surface area contributed by atoms with E-state index >= 15 is 0 Å². The molecule has 3 aromatic rings. The van der Waals surface area contributed by atoms with E-state index in [4.69, 9.17) is 4.74 Å². The van der Waals surface area contributed by atoms with E-state index in [1.54, 1.807) is 11.8 Å². The highest BCUT2D eigenvalue weighted by atomic mass is 16.5. The normalized spacial score (nSPS) is 17.3. The van der Waals surface area contributed by atoms with Crippen molar-refractivity contribution in [3.8, 4) is 0 Å². The molecule has 8 nitrogen and oxygen atoms in total. The fourth-order valence-corrected chi connectivity index (χ4v) is 3.63. The van der Waals surface area contributed by atoms with Crippen molar-refractivity contribution in [2.75, 3.05) is 13.7 Å². The van der Waals surface area contributed by atoms with E-state index in [-0.39, 0.29) is 11.9 Å². The number of aromatic nitrogens is 5. The van der Waals surface area contributed by atoms with Gasteiger partial charge in [-0.3, -0.25) is 9.48 Å². The molecule has 1 amide bonds. The van der Waals surface area contributed by atoms with Crippen molar-refractivity contribution < 1.29 is 9.53 Å². The minimum atomic E-state index is -0.0405. The third-order valence-electron chi connectivity index (χ3n) is 4.97. The third kappa shape index (κ3) is 2.66. The Labute approximate surface area is 151 Å². The van der Waals surface area contributed by atoms with Gasteiger partial charge in [-0.2, -0.15) is 5.10 Å². The summed E-state index contributed by atoms with van der Waals surface area (Å²) in [5.41, 5.74) is 1.46. The SMILES string of the molecule is COCc1nnc2n1CCN(C(=O)c1nn(C)c3ccccc13)[C@@H](C)C2. The molecule has 2 aromatic heterocycles. The first kappa shape index (κ1) is 16.7. The number of amides is 1. The summed E-state index contributed by atoms with van der Waals surface area (Å²) >= 11 is 0. The number of para-hydroxylation sites is 1. The van der Waals surface area contributed by atoms with Crippen LogP contribution in [-0.2, 0) is 31.4 Å². The Morgan fingerprint density at radius 3 is 2.88 bits per heavy atom. The standard InChI is InChI=1S/C18H22N6O2/c1-12-10-15-19-20-16(11-26-3)24(15)9-8-23(12)18(25)17-13-6-4-5-7-14(13)22(2)21-17/h4-7,12H,8-11H2,1-3H3/t12-/m0/s1. The number of carbonyl (C=O) groups is 1. The van der Waals surface area contributed by atoms with Crippen LogP contribution in [0.25, 0.3) is 10.9 Å². The molecule has 0 bridgehead atoms. The predicted molar refractivity (Wildman–Crippen MR) is 95.7 cm³/mol. The maximum absolute atomic E-state index is 13.3. The van der Waals surface area contributed by atoms with Gasteiger partial charge < -0.3 is 14.2 Å². The van der Waals surface area contributed by atoms with E-state index < -0.39 is 0 Å². The van der Waals surface area contributed by atoms with Crippen LogP contribution in [0.4, 0.5) is 0 Å². The van der Waals surface area contributed by atoms with Crippen LogP contribution in [0.5, 0.6) is 0 Å². The summed E-state index contributed by atoms with van der Waals surface area (Å²) in [7, 11) is 3.51. The van der Waals surface area contributed by atoms with Gasteiger partial charge in [0.05, 0.1) is 5.52 Å². The quantitative estimate of drug-likeness (QED) is 0.710. The first-order valence-electron chi connectivity index (χ1n) is 8.72. The molecule has 0 fully saturated rings. The van der Waals surface area contributed by atoms with E-state index in [1.807, 2.05) is 43.1 Å². The zero-order valence-corrected chi connectivity index (χ0v) is 15.2. The van der Waals surface area contributed by atoms with Crippen molar-refractivity contribution in [3.63, 3.8) is 0 Å². The Kier molecular flexibility index (Phi) is 4.20. The van der Waals surface area contributed by atoms with Gasteiger partial charge in [0.25, 0.3) is 5.91 Å². The summed E-state index contributed by atoms with van der Waals surface area (Å²) in [6.45, 7) is 3.71. The fraction of sp³-hybridized carbons (Fsp3) is 0.444. The van der Waals surface area contributed by atoms with Gasteiger partial charge in [-0.15, -0.1) is 10.2 Å². The van der Waals surface area contributed by atoms with Crippen molar-refractivity contribution >= 4 is 16.8 Å². The number of hydrogen-bond acceptors (Lipinski definition) is 5. The van der Waals surface area contributed by atoms with Crippen LogP contribution < -0.4 is 0 Å². The minimum Gasteiger partial charge on any atom is -0.377 e. The van der Waals surface area contributed by atoms with Gasteiger partial charge in [-0.05, 0) is 13.0 Å². The number of methoxy groups -OCH3 is 1. The number of aryl methyl sites for hydroxylation is 1. The highest BCUT2D eigenvalue weighted by Gasteiger charge is 2.30. The summed E-state index contributed by atoms with van der Waals surface area (Å²) in [5.74, 6) is 1.65. The maximum atomic E-state index is 13.3. The summed E-state index contributed by atoms with van der Waals surface area (Å²) < 4.78 is 9.02. The number of hydrogen-bond donors (Lipinski definition) is 0. The van der Waals surface area contributed by atoms with Gasteiger partial charge >= 0.3 is 0 Å². The monoisotopic (exact) mass is 354 g/mol. The molecule has 26 heavy (non-hydrogen) atoms. The van der Waals surface area contributed by atoms with Gasteiger partial charge in [0.2, 0.25) is 0 Å². The number of benzene rings is 1. The third-order valence-corrected chi connectivity index (χ3v) is 4.97. The molecule has 4 rings (SSSR count). The second kappa shape index (κ2) is 6.53. The molecular weight excluding hydrogens is 332 g/mol. The van der Waals surface area contributed by atoms with Crippen molar-refractivity contribution in [3.05, 3.63) is 41.6 Å². The lowest BCUT2D eigenvalue weighted by Crippen LogP contribution is -2.40. The smallest absolute Gasteiger partial charge is 0.275 e. The Balaban J connectivity index is 1.64. The molecule has 136 valence electrons. The van der Waals surface area contributed by atoms with Gasteiger partial charge in [-0.1, -0.05) is 18.2 Å². The van der Waals surface area contributed by atoms with Crippen LogP contribution >= 0.6 is 0 Å². The molecule has 0 spiro atoms. The summed E-state index contributed by atoms with van der Waals surface area (Å²) in [5, 5.41) is 13.9. The van der Waals surface area contributed by atoms with Crippen molar-refractivity contribution in [1.82, 2.24) is 29.4 Å². The highest BCUT2D eigenvalue weighted by Crippen LogP contribution is 2.22. The van der Waals surface area contributed by atoms with E-state index in [2.05, 4.69) is 19.9 Å². The largest absolute Gasteiger partial charge is 0.377 e. The lowest BCUT2D eigenvalue weighted by Gasteiger charge is -2.26. The first-order chi connectivity index (χ1) is 12.6. The maximum Gasteiger partial charge on any atom is 0.275 e. The summed E-state index contributed by atoms with van der Waals surface area (Å²) in [6, 6.07) is 7.83. The molecule has 0 saturated heterocycles.